The molecule has 0 N–H and O–H groups in total. The average molecular weight is 224 g/mol. The highest BCUT2D eigenvalue weighted by Crippen LogP contribution is 2.51. The van der Waals surface area contributed by atoms with Crippen LogP contribution in [-0.2, 0) is 0 Å². The molecule has 0 heteroatoms. The van der Waals surface area contributed by atoms with Gasteiger partial charge in [-0.15, -0.1) is 0 Å². The second-order valence-electron chi connectivity index (χ2n) is 7.23. The first-order valence-corrected chi connectivity index (χ1v) is 7.29. The number of rotatable bonds is 6. The molecule has 0 aromatic carbocycles. The quantitative estimate of drug-likeness (QED) is 0.568. The summed E-state index contributed by atoms with van der Waals surface area (Å²) in [5.74, 6) is 4.66. The lowest BCUT2D eigenvalue weighted by Crippen LogP contribution is -2.30. The molecule has 0 nitrogen and oxygen atoms in total. The van der Waals surface area contributed by atoms with E-state index in [0.29, 0.717) is 5.41 Å². The molecule has 5 unspecified atom stereocenters. The molecule has 0 heterocycles. The summed E-state index contributed by atoms with van der Waals surface area (Å²) in [6.07, 6.45) is 4.19. The van der Waals surface area contributed by atoms with Gasteiger partial charge in [0.05, 0.1) is 0 Å². The van der Waals surface area contributed by atoms with Gasteiger partial charge in [-0.1, -0.05) is 54.9 Å². The molecule has 0 radical (unpaired) electrons. The Labute approximate surface area is 103 Å². The molecule has 0 bridgehead atoms. The summed E-state index contributed by atoms with van der Waals surface area (Å²) < 4.78 is 0. The second-order valence-corrected chi connectivity index (χ2v) is 7.23. The van der Waals surface area contributed by atoms with Crippen molar-refractivity contribution in [3.63, 3.8) is 0 Å². The van der Waals surface area contributed by atoms with E-state index in [1.165, 1.54) is 19.3 Å². The first-order valence-electron chi connectivity index (χ1n) is 7.29. The fourth-order valence-electron chi connectivity index (χ4n) is 3.39. The third kappa shape index (κ3) is 3.25. The summed E-state index contributed by atoms with van der Waals surface area (Å²) in [6, 6.07) is 0. The van der Waals surface area contributed by atoms with Crippen LogP contribution in [0.3, 0.4) is 0 Å². The van der Waals surface area contributed by atoms with E-state index < -0.39 is 0 Å². The molecule has 0 spiro atoms. The van der Waals surface area contributed by atoms with Gasteiger partial charge < -0.3 is 0 Å². The lowest BCUT2D eigenvalue weighted by Gasteiger charge is -2.38. The largest absolute Gasteiger partial charge is 0.0651 e. The molecule has 1 fully saturated rings. The van der Waals surface area contributed by atoms with Crippen molar-refractivity contribution >= 4 is 0 Å². The van der Waals surface area contributed by atoms with Crippen molar-refractivity contribution in [3.05, 3.63) is 0 Å². The van der Waals surface area contributed by atoms with Crippen LogP contribution in [0, 0.1) is 35.0 Å². The maximum Gasteiger partial charge on any atom is -0.0323 e. The summed E-state index contributed by atoms with van der Waals surface area (Å²) in [5, 5.41) is 0. The Balaban J connectivity index is 2.53. The van der Waals surface area contributed by atoms with E-state index in [4.69, 9.17) is 0 Å². The van der Waals surface area contributed by atoms with Crippen LogP contribution in [0.2, 0.25) is 0 Å². The fraction of sp³-hybridized carbons (Fsp3) is 1.00. The van der Waals surface area contributed by atoms with Crippen molar-refractivity contribution in [2.24, 2.45) is 35.0 Å². The van der Waals surface area contributed by atoms with Gasteiger partial charge in [-0.25, -0.2) is 0 Å². The highest BCUT2D eigenvalue weighted by atomic mass is 14.5. The van der Waals surface area contributed by atoms with E-state index in [1.807, 2.05) is 0 Å². The second kappa shape index (κ2) is 5.10. The van der Waals surface area contributed by atoms with E-state index in [1.54, 1.807) is 0 Å². The van der Waals surface area contributed by atoms with Gasteiger partial charge in [0, 0.05) is 0 Å². The topological polar surface area (TPSA) is 0 Å². The van der Waals surface area contributed by atoms with Crippen molar-refractivity contribution in [1.29, 1.82) is 0 Å². The zero-order valence-electron chi connectivity index (χ0n) is 12.5. The molecule has 1 saturated carbocycles. The summed E-state index contributed by atoms with van der Waals surface area (Å²) in [6.45, 7) is 17.1. The van der Waals surface area contributed by atoms with Gasteiger partial charge in [-0.3, -0.25) is 0 Å². The highest BCUT2D eigenvalue weighted by molar-refractivity contribution is 4.92. The summed E-state index contributed by atoms with van der Waals surface area (Å²) in [4.78, 5) is 0. The van der Waals surface area contributed by atoms with Crippen LogP contribution in [0.5, 0.6) is 0 Å². The number of hydrogen-bond acceptors (Lipinski definition) is 0. The van der Waals surface area contributed by atoms with E-state index in [2.05, 4.69) is 48.5 Å². The van der Waals surface area contributed by atoms with Gasteiger partial charge in [-0.05, 0) is 47.8 Å². The molecule has 96 valence electrons. The van der Waals surface area contributed by atoms with Gasteiger partial charge >= 0.3 is 0 Å². The van der Waals surface area contributed by atoms with Crippen LogP contribution in [0.25, 0.3) is 0 Å². The van der Waals surface area contributed by atoms with Crippen molar-refractivity contribution in [2.45, 2.75) is 67.7 Å². The van der Waals surface area contributed by atoms with Crippen molar-refractivity contribution in [2.75, 3.05) is 0 Å². The van der Waals surface area contributed by atoms with Crippen LogP contribution >= 0.6 is 0 Å². The first-order chi connectivity index (χ1) is 7.29. The van der Waals surface area contributed by atoms with Crippen LogP contribution in [0.1, 0.15) is 67.7 Å². The molecular weight excluding hydrogens is 192 g/mol. The van der Waals surface area contributed by atoms with Crippen LogP contribution in [0.4, 0.5) is 0 Å². The minimum absolute atomic E-state index is 0.511. The molecule has 16 heavy (non-hydrogen) atoms. The molecule has 0 aliphatic heterocycles. The van der Waals surface area contributed by atoms with Gasteiger partial charge in [0.2, 0.25) is 0 Å². The van der Waals surface area contributed by atoms with E-state index in [9.17, 15) is 0 Å². The van der Waals surface area contributed by atoms with Gasteiger partial charge in [-0.2, -0.15) is 0 Å². The van der Waals surface area contributed by atoms with E-state index in [0.717, 1.165) is 29.6 Å². The third-order valence-corrected chi connectivity index (χ3v) is 5.44. The zero-order chi connectivity index (χ0) is 12.5. The van der Waals surface area contributed by atoms with Gasteiger partial charge in [0.15, 0.2) is 0 Å². The van der Waals surface area contributed by atoms with Crippen molar-refractivity contribution in [3.8, 4) is 0 Å². The SMILES string of the molecule is CCC(C)CC(C)(C)C(C)C(C)C1CC1C. The minimum Gasteiger partial charge on any atom is -0.0651 e. The summed E-state index contributed by atoms with van der Waals surface area (Å²) >= 11 is 0. The normalized spacial score (nSPS) is 30.9. The smallest absolute Gasteiger partial charge is 0.0323 e. The predicted octanol–water partition coefficient (Wildman–Crippen LogP) is 5.38. The Morgan fingerprint density at radius 2 is 1.69 bits per heavy atom. The molecule has 1 aliphatic rings. The standard InChI is InChI=1S/C16H32/c1-8-11(2)10-16(6,7)14(5)13(4)15-9-12(15)3/h11-15H,8-10H2,1-7H3. The van der Waals surface area contributed by atoms with E-state index >= 15 is 0 Å². The first kappa shape index (κ1) is 14.1. The van der Waals surface area contributed by atoms with Gasteiger partial charge in [0.1, 0.15) is 0 Å². The molecule has 0 amide bonds. The molecule has 1 rings (SSSR count). The Hall–Kier alpha value is 0. The van der Waals surface area contributed by atoms with Crippen LogP contribution in [0.15, 0.2) is 0 Å². The summed E-state index contributed by atoms with van der Waals surface area (Å²) in [7, 11) is 0. The Bertz CT molecular complexity index is 216. The molecule has 0 aromatic rings. The Kier molecular flexibility index (Phi) is 4.49. The highest BCUT2D eigenvalue weighted by Gasteiger charge is 2.43. The lowest BCUT2D eigenvalue weighted by atomic mass is 9.67. The molecule has 1 aliphatic carbocycles. The molecule has 0 aromatic heterocycles. The van der Waals surface area contributed by atoms with Crippen molar-refractivity contribution < 1.29 is 0 Å². The van der Waals surface area contributed by atoms with Crippen LogP contribution in [-0.4, -0.2) is 0 Å². The Morgan fingerprint density at radius 1 is 1.19 bits per heavy atom. The van der Waals surface area contributed by atoms with Crippen LogP contribution < -0.4 is 0 Å². The van der Waals surface area contributed by atoms with Gasteiger partial charge in [0.25, 0.3) is 0 Å². The van der Waals surface area contributed by atoms with E-state index in [-0.39, 0.29) is 0 Å². The maximum absolute atomic E-state index is 2.48. The molecule has 5 atom stereocenters. The average Bonchev–Trinajstić information content (AvgIpc) is 2.92. The Morgan fingerprint density at radius 3 is 2.06 bits per heavy atom. The number of hydrogen-bond donors (Lipinski definition) is 0. The maximum atomic E-state index is 2.48. The fourth-order valence-corrected chi connectivity index (χ4v) is 3.39. The lowest BCUT2D eigenvalue weighted by molar-refractivity contribution is 0.116. The third-order valence-electron chi connectivity index (χ3n) is 5.44. The van der Waals surface area contributed by atoms with Crippen molar-refractivity contribution in [1.82, 2.24) is 0 Å². The predicted molar refractivity (Wildman–Crippen MR) is 73.5 cm³/mol. The summed E-state index contributed by atoms with van der Waals surface area (Å²) in [5.41, 5.74) is 0.511. The minimum atomic E-state index is 0.511. The molecule has 0 saturated heterocycles. The molecular formula is C16H32. The monoisotopic (exact) mass is 224 g/mol. The zero-order valence-corrected chi connectivity index (χ0v) is 12.5.